The van der Waals surface area contributed by atoms with E-state index in [0.29, 0.717) is 31.2 Å². The second-order valence-corrected chi connectivity index (χ2v) is 7.16. The Hall–Kier alpha value is -2.17. The van der Waals surface area contributed by atoms with Crippen LogP contribution in [0.3, 0.4) is 0 Å². The van der Waals surface area contributed by atoms with Crippen LogP contribution in [-0.4, -0.2) is 52.2 Å². The van der Waals surface area contributed by atoms with Crippen molar-refractivity contribution in [3.63, 3.8) is 0 Å². The fourth-order valence-corrected chi connectivity index (χ4v) is 2.98. The van der Waals surface area contributed by atoms with Crippen LogP contribution in [0.1, 0.15) is 43.1 Å². The number of aliphatic imine (C=N–C) groups is 1. The van der Waals surface area contributed by atoms with Crippen molar-refractivity contribution in [2.45, 2.75) is 39.7 Å². The molecule has 0 saturated heterocycles. The lowest BCUT2D eigenvalue weighted by atomic mass is 10.1. The number of hydrogen-bond donors (Lipinski definition) is 2. The van der Waals surface area contributed by atoms with Crippen LogP contribution in [0.25, 0.3) is 0 Å². The molecule has 0 unspecified atom stereocenters. The number of aromatic nitrogens is 3. The van der Waals surface area contributed by atoms with Crippen molar-refractivity contribution in [1.82, 2.24) is 25.0 Å². The molecule has 0 aromatic carbocycles. The van der Waals surface area contributed by atoms with Crippen molar-refractivity contribution in [2.75, 3.05) is 26.0 Å². The second-order valence-electron chi connectivity index (χ2n) is 7.16. The number of carbonyl (C=O) groups excluding carboxylic acids is 1. The number of aryl methyl sites for hydroxylation is 2. The molecule has 0 spiro atoms. The molecule has 0 saturated carbocycles. The van der Waals surface area contributed by atoms with E-state index >= 15 is 0 Å². The topological polar surface area (TPSA) is 87.4 Å². The van der Waals surface area contributed by atoms with E-state index in [-0.39, 0.29) is 29.9 Å². The first kappa shape index (κ1) is 24.9. The van der Waals surface area contributed by atoms with Gasteiger partial charge in [0.15, 0.2) is 5.96 Å². The molecule has 2 heterocycles. The summed E-state index contributed by atoms with van der Waals surface area (Å²) in [7, 11) is 5.65. The highest BCUT2D eigenvalue weighted by Crippen LogP contribution is 2.18. The summed E-state index contributed by atoms with van der Waals surface area (Å²) in [5, 5.41) is 10.6. The summed E-state index contributed by atoms with van der Waals surface area (Å²) >= 11 is 0. The van der Waals surface area contributed by atoms with Crippen LogP contribution < -0.4 is 10.6 Å². The molecule has 0 aliphatic carbocycles. The number of nitrogens with one attached hydrogen (secondary N) is 2. The maximum absolute atomic E-state index is 12.1. The van der Waals surface area contributed by atoms with Crippen LogP contribution in [0.4, 0.5) is 5.82 Å². The molecular formula is C20H32IN7O. The minimum Gasteiger partial charge on any atom is -0.356 e. The van der Waals surface area contributed by atoms with Crippen LogP contribution >= 0.6 is 24.0 Å². The SMILES string of the molecule is CN=C(NCCC(=O)Nc1cccc(C)n1)N(C)Cc1cn(C)nc1C(C)C.I. The summed E-state index contributed by atoms with van der Waals surface area (Å²) < 4.78 is 1.85. The highest BCUT2D eigenvalue weighted by Gasteiger charge is 2.15. The Bertz CT molecular complexity index is 832. The number of rotatable bonds is 7. The van der Waals surface area contributed by atoms with E-state index < -0.39 is 0 Å². The van der Waals surface area contributed by atoms with E-state index in [0.717, 1.165) is 17.3 Å². The molecule has 0 radical (unpaired) electrons. The van der Waals surface area contributed by atoms with Crippen LogP contribution in [0.15, 0.2) is 29.4 Å². The van der Waals surface area contributed by atoms with Gasteiger partial charge in [0.25, 0.3) is 0 Å². The van der Waals surface area contributed by atoms with Crippen LogP contribution in [0.5, 0.6) is 0 Å². The van der Waals surface area contributed by atoms with Gasteiger partial charge in [-0.15, -0.1) is 24.0 Å². The third-order valence-electron chi connectivity index (χ3n) is 4.26. The summed E-state index contributed by atoms with van der Waals surface area (Å²) in [6.07, 6.45) is 2.37. The quantitative estimate of drug-likeness (QED) is 0.338. The molecule has 8 nitrogen and oxygen atoms in total. The molecule has 0 fully saturated rings. The van der Waals surface area contributed by atoms with Crippen molar-refractivity contribution in [3.8, 4) is 0 Å². The standard InChI is InChI=1S/C20H31N7O.HI/c1-14(2)19-16(13-27(6)25-19)12-26(5)20(21-4)22-11-10-18(28)24-17-9-7-8-15(3)23-17;/h7-9,13-14H,10-12H2,1-6H3,(H,21,22)(H,23,24,28);1H. The minimum atomic E-state index is -0.0851. The van der Waals surface area contributed by atoms with Gasteiger partial charge in [0, 0.05) is 58.1 Å². The Balaban J connectivity index is 0.00000420. The van der Waals surface area contributed by atoms with Gasteiger partial charge in [-0.2, -0.15) is 5.10 Å². The second kappa shape index (κ2) is 11.7. The van der Waals surface area contributed by atoms with Crippen LogP contribution in [-0.2, 0) is 18.4 Å². The molecule has 0 aliphatic heterocycles. The van der Waals surface area contributed by atoms with Crippen molar-refractivity contribution in [1.29, 1.82) is 0 Å². The Labute approximate surface area is 190 Å². The molecule has 2 N–H and O–H groups in total. The maximum Gasteiger partial charge on any atom is 0.227 e. The number of halogens is 1. The van der Waals surface area contributed by atoms with Gasteiger partial charge in [-0.05, 0) is 25.0 Å². The van der Waals surface area contributed by atoms with E-state index in [4.69, 9.17) is 0 Å². The predicted octanol–water partition coefficient (Wildman–Crippen LogP) is 2.90. The molecule has 2 rings (SSSR count). The van der Waals surface area contributed by atoms with Crippen molar-refractivity contribution in [3.05, 3.63) is 41.3 Å². The predicted molar refractivity (Wildman–Crippen MR) is 128 cm³/mol. The number of nitrogens with zero attached hydrogens (tertiary/aromatic N) is 5. The lowest BCUT2D eigenvalue weighted by molar-refractivity contribution is -0.116. The number of guanidine groups is 1. The molecule has 2 aromatic heterocycles. The van der Waals surface area contributed by atoms with Gasteiger partial charge in [0.2, 0.25) is 5.91 Å². The highest BCUT2D eigenvalue weighted by atomic mass is 127. The van der Waals surface area contributed by atoms with Crippen molar-refractivity contribution >= 4 is 41.7 Å². The zero-order chi connectivity index (χ0) is 20.7. The number of carbonyl (C=O) groups is 1. The van der Waals surface area contributed by atoms with Crippen molar-refractivity contribution in [2.24, 2.45) is 12.0 Å². The van der Waals surface area contributed by atoms with E-state index in [2.05, 4.69) is 39.6 Å². The fourth-order valence-electron chi connectivity index (χ4n) is 2.98. The Kier molecular flexibility index (Phi) is 10.1. The first-order valence-electron chi connectivity index (χ1n) is 9.47. The van der Waals surface area contributed by atoms with Gasteiger partial charge in [-0.3, -0.25) is 14.5 Å². The molecule has 160 valence electrons. The van der Waals surface area contributed by atoms with E-state index in [1.54, 1.807) is 13.1 Å². The number of anilines is 1. The minimum absolute atomic E-state index is 0. The number of hydrogen-bond acceptors (Lipinski definition) is 4. The first-order valence-corrected chi connectivity index (χ1v) is 9.47. The molecule has 29 heavy (non-hydrogen) atoms. The molecule has 0 bridgehead atoms. The Morgan fingerprint density at radius 3 is 2.69 bits per heavy atom. The molecule has 1 amide bonds. The van der Waals surface area contributed by atoms with Gasteiger partial charge in [-0.1, -0.05) is 19.9 Å². The van der Waals surface area contributed by atoms with Crippen LogP contribution in [0, 0.1) is 6.92 Å². The summed E-state index contributed by atoms with van der Waals surface area (Å²) in [6, 6.07) is 5.55. The Morgan fingerprint density at radius 2 is 2.07 bits per heavy atom. The lowest BCUT2D eigenvalue weighted by Crippen LogP contribution is -2.39. The third kappa shape index (κ3) is 7.64. The molecular weight excluding hydrogens is 481 g/mol. The number of amides is 1. The highest BCUT2D eigenvalue weighted by molar-refractivity contribution is 14.0. The fraction of sp³-hybridized carbons (Fsp3) is 0.500. The molecule has 0 aliphatic rings. The average Bonchev–Trinajstić information content (AvgIpc) is 2.99. The van der Waals surface area contributed by atoms with Gasteiger partial charge < -0.3 is 15.5 Å². The maximum atomic E-state index is 12.1. The summed E-state index contributed by atoms with van der Waals surface area (Å²) in [5.41, 5.74) is 3.13. The average molecular weight is 513 g/mol. The van der Waals surface area contributed by atoms with Gasteiger partial charge in [-0.25, -0.2) is 4.98 Å². The first-order chi connectivity index (χ1) is 13.3. The monoisotopic (exact) mass is 513 g/mol. The molecule has 2 aromatic rings. The third-order valence-corrected chi connectivity index (χ3v) is 4.26. The van der Waals surface area contributed by atoms with Crippen LogP contribution in [0.2, 0.25) is 0 Å². The number of pyridine rings is 1. The summed E-state index contributed by atoms with van der Waals surface area (Å²) in [4.78, 5) is 22.7. The van der Waals surface area contributed by atoms with E-state index in [1.165, 1.54) is 5.56 Å². The summed E-state index contributed by atoms with van der Waals surface area (Å²) in [6.45, 7) is 7.35. The van der Waals surface area contributed by atoms with Gasteiger partial charge in [0.05, 0.1) is 5.69 Å². The van der Waals surface area contributed by atoms with E-state index in [9.17, 15) is 4.79 Å². The molecule has 9 heteroatoms. The smallest absolute Gasteiger partial charge is 0.227 e. The van der Waals surface area contributed by atoms with Crippen molar-refractivity contribution < 1.29 is 4.79 Å². The summed E-state index contributed by atoms with van der Waals surface area (Å²) in [5.74, 6) is 1.58. The Morgan fingerprint density at radius 1 is 1.34 bits per heavy atom. The van der Waals surface area contributed by atoms with E-state index in [1.807, 2.05) is 48.9 Å². The largest absolute Gasteiger partial charge is 0.356 e. The van der Waals surface area contributed by atoms with Gasteiger partial charge >= 0.3 is 0 Å². The zero-order valence-corrected chi connectivity index (χ0v) is 20.4. The zero-order valence-electron chi connectivity index (χ0n) is 18.1. The normalized spacial score (nSPS) is 11.2. The van der Waals surface area contributed by atoms with Gasteiger partial charge in [0.1, 0.15) is 5.82 Å². The lowest BCUT2D eigenvalue weighted by Gasteiger charge is -2.22. The molecule has 0 atom stereocenters.